The van der Waals surface area contributed by atoms with Crippen LogP contribution in [0.3, 0.4) is 0 Å². The van der Waals surface area contributed by atoms with E-state index in [2.05, 4.69) is 20.9 Å². The van der Waals surface area contributed by atoms with Crippen LogP contribution in [-0.4, -0.2) is 19.2 Å². The number of rotatable bonds is 6. The Morgan fingerprint density at radius 3 is 2.62 bits per heavy atom. The highest BCUT2D eigenvalue weighted by molar-refractivity contribution is 9.08. The van der Waals surface area contributed by atoms with Crippen molar-refractivity contribution in [3.63, 3.8) is 0 Å². The van der Waals surface area contributed by atoms with E-state index in [1.165, 1.54) is 0 Å². The van der Waals surface area contributed by atoms with Crippen molar-refractivity contribution in [3.8, 4) is 17.2 Å². The molecule has 1 aromatic carbocycles. The minimum Gasteiger partial charge on any atom is -0.493 e. The lowest BCUT2D eigenvalue weighted by Crippen LogP contribution is -2.04. The van der Waals surface area contributed by atoms with Gasteiger partial charge >= 0.3 is 0 Å². The van der Waals surface area contributed by atoms with Crippen LogP contribution in [0.1, 0.15) is 11.3 Å². The first-order chi connectivity index (χ1) is 10.2. The zero-order chi connectivity index (χ0) is 15.2. The summed E-state index contributed by atoms with van der Waals surface area (Å²) < 4.78 is 16.4. The van der Waals surface area contributed by atoms with Gasteiger partial charge in [-0.3, -0.25) is 4.98 Å². The second-order valence-corrected chi connectivity index (χ2v) is 5.11. The minimum atomic E-state index is 0.240. The van der Waals surface area contributed by atoms with Crippen molar-refractivity contribution >= 4 is 27.5 Å². The third-order valence-electron chi connectivity index (χ3n) is 2.91. The number of ether oxygens (including phenoxy) is 3. The average molecular weight is 373 g/mol. The molecule has 0 fully saturated rings. The number of benzene rings is 1. The molecular formula is C15H15BrClNO3. The molecule has 0 aliphatic carbocycles. The highest BCUT2D eigenvalue weighted by Crippen LogP contribution is 2.33. The van der Waals surface area contributed by atoms with Crippen LogP contribution in [0.2, 0.25) is 5.02 Å². The second kappa shape index (κ2) is 7.52. The maximum Gasteiger partial charge on any atom is 0.185 e. The molecule has 2 aromatic rings. The number of aromatic nitrogens is 1. The quantitative estimate of drug-likeness (QED) is 0.712. The predicted octanol–water partition coefficient (Wildman–Crippen LogP) is 4.23. The summed E-state index contributed by atoms with van der Waals surface area (Å²) in [5.41, 5.74) is 1.63. The second-order valence-electron chi connectivity index (χ2n) is 4.14. The molecule has 0 aliphatic heterocycles. The molecule has 0 atom stereocenters. The Bertz CT molecular complexity index is 622. The van der Waals surface area contributed by atoms with Crippen molar-refractivity contribution in [2.75, 3.05) is 14.2 Å². The van der Waals surface area contributed by atoms with Gasteiger partial charge in [-0.25, -0.2) is 0 Å². The predicted molar refractivity (Wildman–Crippen MR) is 85.8 cm³/mol. The maximum atomic E-state index is 6.18. The third-order valence-corrected chi connectivity index (χ3v) is 3.81. The summed E-state index contributed by atoms with van der Waals surface area (Å²) in [7, 11) is 3.15. The Kier molecular flexibility index (Phi) is 5.70. The molecule has 0 amide bonds. The van der Waals surface area contributed by atoms with Crippen LogP contribution in [0.5, 0.6) is 17.2 Å². The van der Waals surface area contributed by atoms with Gasteiger partial charge in [-0.1, -0.05) is 39.7 Å². The van der Waals surface area contributed by atoms with E-state index in [1.807, 2.05) is 12.1 Å². The molecule has 0 saturated carbocycles. The summed E-state index contributed by atoms with van der Waals surface area (Å²) in [6, 6.07) is 7.36. The summed E-state index contributed by atoms with van der Waals surface area (Å²) in [5.74, 6) is 1.82. The van der Waals surface area contributed by atoms with Crippen molar-refractivity contribution in [3.05, 3.63) is 46.7 Å². The van der Waals surface area contributed by atoms with Gasteiger partial charge in [0, 0.05) is 23.2 Å². The van der Waals surface area contributed by atoms with Crippen LogP contribution in [0.4, 0.5) is 0 Å². The average Bonchev–Trinajstić information content (AvgIpc) is 2.52. The van der Waals surface area contributed by atoms with Gasteiger partial charge in [0.2, 0.25) is 0 Å². The number of nitrogens with zero attached hydrogens (tertiary/aromatic N) is 1. The van der Waals surface area contributed by atoms with Crippen LogP contribution in [-0.2, 0) is 11.9 Å². The molecule has 0 spiro atoms. The molecule has 0 N–H and O–H groups in total. The molecule has 0 unspecified atom stereocenters. The first-order valence-corrected chi connectivity index (χ1v) is 7.73. The SMILES string of the molecule is COc1ccnc(COc2c(Cl)cccc2CBr)c1OC. The van der Waals surface area contributed by atoms with Crippen molar-refractivity contribution in [1.29, 1.82) is 0 Å². The van der Waals surface area contributed by atoms with Crippen molar-refractivity contribution < 1.29 is 14.2 Å². The Morgan fingerprint density at radius 1 is 1.14 bits per heavy atom. The highest BCUT2D eigenvalue weighted by Gasteiger charge is 2.14. The van der Waals surface area contributed by atoms with Crippen LogP contribution in [0.25, 0.3) is 0 Å². The Labute approximate surface area is 137 Å². The summed E-state index contributed by atoms with van der Waals surface area (Å²) in [6.07, 6.45) is 1.65. The van der Waals surface area contributed by atoms with Gasteiger partial charge in [0.15, 0.2) is 11.5 Å². The van der Waals surface area contributed by atoms with Gasteiger partial charge in [-0.2, -0.15) is 0 Å². The van der Waals surface area contributed by atoms with Crippen LogP contribution in [0.15, 0.2) is 30.5 Å². The van der Waals surface area contributed by atoms with E-state index in [9.17, 15) is 0 Å². The Balaban J connectivity index is 2.25. The molecule has 1 aromatic heterocycles. The lowest BCUT2D eigenvalue weighted by atomic mass is 10.2. The van der Waals surface area contributed by atoms with Crippen LogP contribution in [0, 0.1) is 0 Å². The Hall–Kier alpha value is -1.46. The van der Waals surface area contributed by atoms with E-state index >= 15 is 0 Å². The molecule has 0 saturated heterocycles. The first kappa shape index (κ1) is 15.9. The highest BCUT2D eigenvalue weighted by atomic mass is 79.9. The van der Waals surface area contributed by atoms with Gasteiger partial charge in [-0.05, 0) is 6.07 Å². The lowest BCUT2D eigenvalue weighted by Gasteiger charge is -2.14. The van der Waals surface area contributed by atoms with Gasteiger partial charge in [0.1, 0.15) is 18.1 Å². The van der Waals surface area contributed by atoms with Gasteiger partial charge < -0.3 is 14.2 Å². The van der Waals surface area contributed by atoms with Crippen molar-refractivity contribution in [2.24, 2.45) is 0 Å². The molecule has 21 heavy (non-hydrogen) atoms. The molecule has 2 rings (SSSR count). The third kappa shape index (κ3) is 3.60. The number of para-hydroxylation sites is 1. The number of pyridine rings is 1. The number of hydrogen-bond donors (Lipinski definition) is 0. The minimum absolute atomic E-state index is 0.240. The number of hydrogen-bond acceptors (Lipinski definition) is 4. The van der Waals surface area contributed by atoms with E-state index in [1.54, 1.807) is 32.5 Å². The van der Waals surface area contributed by atoms with E-state index < -0.39 is 0 Å². The van der Waals surface area contributed by atoms with Crippen molar-refractivity contribution in [1.82, 2.24) is 4.98 Å². The van der Waals surface area contributed by atoms with Crippen LogP contribution < -0.4 is 14.2 Å². The lowest BCUT2D eigenvalue weighted by molar-refractivity contribution is 0.283. The smallest absolute Gasteiger partial charge is 0.185 e. The zero-order valence-electron chi connectivity index (χ0n) is 11.7. The van der Waals surface area contributed by atoms with Gasteiger partial charge in [-0.15, -0.1) is 0 Å². The van der Waals surface area contributed by atoms with Crippen LogP contribution >= 0.6 is 27.5 Å². The first-order valence-electron chi connectivity index (χ1n) is 6.23. The summed E-state index contributed by atoms with van der Waals surface area (Å²) in [6.45, 7) is 0.240. The number of halogens is 2. The fourth-order valence-corrected chi connectivity index (χ4v) is 2.60. The fourth-order valence-electron chi connectivity index (χ4n) is 1.91. The molecule has 6 heteroatoms. The molecule has 0 bridgehead atoms. The Morgan fingerprint density at radius 2 is 1.95 bits per heavy atom. The zero-order valence-corrected chi connectivity index (χ0v) is 14.1. The van der Waals surface area contributed by atoms with Gasteiger partial charge in [0.05, 0.1) is 19.2 Å². The molecule has 4 nitrogen and oxygen atoms in total. The topological polar surface area (TPSA) is 40.6 Å². The van der Waals surface area contributed by atoms with E-state index in [0.29, 0.717) is 33.3 Å². The molecule has 1 heterocycles. The monoisotopic (exact) mass is 371 g/mol. The molecule has 0 radical (unpaired) electrons. The molecule has 112 valence electrons. The van der Waals surface area contributed by atoms with Gasteiger partial charge in [0.25, 0.3) is 0 Å². The summed E-state index contributed by atoms with van der Waals surface area (Å²) in [4.78, 5) is 4.27. The standard InChI is InChI=1S/C15H15BrClNO3/c1-19-13-6-7-18-12(15(13)20-2)9-21-14-10(8-16)4-3-5-11(14)17/h3-7H,8-9H2,1-2H3. The number of methoxy groups -OCH3 is 2. The normalized spacial score (nSPS) is 10.3. The fraction of sp³-hybridized carbons (Fsp3) is 0.267. The van der Waals surface area contributed by atoms with E-state index in [-0.39, 0.29) is 6.61 Å². The largest absolute Gasteiger partial charge is 0.493 e. The van der Waals surface area contributed by atoms with E-state index in [0.717, 1.165) is 5.56 Å². The number of alkyl halides is 1. The van der Waals surface area contributed by atoms with E-state index in [4.69, 9.17) is 25.8 Å². The summed E-state index contributed by atoms with van der Waals surface area (Å²) in [5, 5.41) is 1.22. The molecular weight excluding hydrogens is 358 g/mol. The maximum absolute atomic E-state index is 6.18. The molecule has 0 aliphatic rings. The summed E-state index contributed by atoms with van der Waals surface area (Å²) >= 11 is 9.61. The van der Waals surface area contributed by atoms with Crippen molar-refractivity contribution in [2.45, 2.75) is 11.9 Å².